The minimum Gasteiger partial charge on any atom is -0.314 e. The Labute approximate surface area is 130 Å². The molecule has 1 atom stereocenters. The number of rotatable bonds is 6. The number of nitrogens with zero attached hydrogens (tertiary/aromatic N) is 2. The number of nitrogens with one attached hydrogen (secondary N) is 1. The lowest BCUT2D eigenvalue weighted by molar-refractivity contribution is 0.518. The molecular formula is C16H21ClFN3. The predicted molar refractivity (Wildman–Crippen MR) is 84.2 cm³/mol. The molecule has 0 saturated carbocycles. The molecule has 0 bridgehead atoms. The van der Waals surface area contributed by atoms with E-state index in [4.69, 9.17) is 11.6 Å². The van der Waals surface area contributed by atoms with Gasteiger partial charge in [-0.25, -0.2) is 4.39 Å². The van der Waals surface area contributed by atoms with Gasteiger partial charge in [0.05, 0.1) is 5.69 Å². The first-order valence-electron chi connectivity index (χ1n) is 7.17. The first-order chi connectivity index (χ1) is 10.0. The maximum Gasteiger partial charge on any atom is 0.130 e. The van der Waals surface area contributed by atoms with E-state index in [0.717, 1.165) is 36.2 Å². The smallest absolute Gasteiger partial charge is 0.130 e. The van der Waals surface area contributed by atoms with Crippen molar-refractivity contribution in [1.82, 2.24) is 15.1 Å². The normalized spacial score (nSPS) is 12.6. The third-order valence-electron chi connectivity index (χ3n) is 3.58. The molecule has 0 aliphatic rings. The summed E-state index contributed by atoms with van der Waals surface area (Å²) >= 11 is 6.30. The van der Waals surface area contributed by atoms with E-state index in [1.54, 1.807) is 16.8 Å². The Morgan fingerprint density at radius 1 is 1.38 bits per heavy atom. The van der Waals surface area contributed by atoms with E-state index in [9.17, 15) is 4.39 Å². The van der Waals surface area contributed by atoms with E-state index in [0.29, 0.717) is 5.15 Å². The van der Waals surface area contributed by atoms with E-state index in [1.165, 1.54) is 6.07 Å². The SMILES string of the molecule is CCNC(Cc1cccc(F)c1)Cc1c(C)nn(C)c1Cl. The lowest BCUT2D eigenvalue weighted by Crippen LogP contribution is -2.33. The fourth-order valence-corrected chi connectivity index (χ4v) is 2.86. The molecule has 3 nitrogen and oxygen atoms in total. The Bertz CT molecular complexity index is 610. The maximum absolute atomic E-state index is 13.3. The number of halogens is 2. The highest BCUT2D eigenvalue weighted by Crippen LogP contribution is 2.21. The largest absolute Gasteiger partial charge is 0.314 e. The summed E-state index contributed by atoms with van der Waals surface area (Å²) in [5, 5.41) is 8.46. The van der Waals surface area contributed by atoms with E-state index in [-0.39, 0.29) is 11.9 Å². The molecule has 0 radical (unpaired) electrons. The highest BCUT2D eigenvalue weighted by Gasteiger charge is 2.17. The van der Waals surface area contributed by atoms with Crippen LogP contribution in [0.5, 0.6) is 0 Å². The molecule has 1 heterocycles. The van der Waals surface area contributed by atoms with Crippen molar-refractivity contribution in [2.45, 2.75) is 32.7 Å². The zero-order valence-corrected chi connectivity index (χ0v) is 13.4. The van der Waals surface area contributed by atoms with Crippen molar-refractivity contribution in [3.63, 3.8) is 0 Å². The topological polar surface area (TPSA) is 29.9 Å². The van der Waals surface area contributed by atoms with Crippen LogP contribution in [0.25, 0.3) is 0 Å². The van der Waals surface area contributed by atoms with Crippen molar-refractivity contribution in [3.8, 4) is 0 Å². The van der Waals surface area contributed by atoms with Crippen LogP contribution in [0.4, 0.5) is 4.39 Å². The fraction of sp³-hybridized carbons (Fsp3) is 0.438. The van der Waals surface area contributed by atoms with Gasteiger partial charge in [-0.05, 0) is 44.0 Å². The van der Waals surface area contributed by atoms with Crippen LogP contribution in [-0.2, 0) is 19.9 Å². The van der Waals surface area contributed by atoms with E-state index in [1.807, 2.05) is 20.0 Å². The molecule has 0 aliphatic heterocycles. The second kappa shape index (κ2) is 7.05. The van der Waals surface area contributed by atoms with Crippen molar-refractivity contribution in [1.29, 1.82) is 0 Å². The number of hydrogen-bond donors (Lipinski definition) is 1. The molecule has 1 aromatic carbocycles. The molecule has 0 spiro atoms. The summed E-state index contributed by atoms with van der Waals surface area (Å²) in [7, 11) is 1.84. The van der Waals surface area contributed by atoms with Crippen LogP contribution in [0, 0.1) is 12.7 Å². The summed E-state index contributed by atoms with van der Waals surface area (Å²) in [6.07, 6.45) is 1.54. The molecule has 1 N–H and O–H groups in total. The van der Waals surface area contributed by atoms with Crippen molar-refractivity contribution in [2.24, 2.45) is 7.05 Å². The predicted octanol–water partition coefficient (Wildman–Crippen LogP) is 3.28. The van der Waals surface area contributed by atoms with Crippen LogP contribution < -0.4 is 5.32 Å². The first-order valence-corrected chi connectivity index (χ1v) is 7.54. The number of aryl methyl sites for hydroxylation is 2. The third-order valence-corrected chi connectivity index (χ3v) is 4.06. The van der Waals surface area contributed by atoms with Gasteiger partial charge >= 0.3 is 0 Å². The molecule has 2 aromatic rings. The second-order valence-corrected chi connectivity index (χ2v) is 5.63. The highest BCUT2D eigenvalue weighted by molar-refractivity contribution is 6.30. The Morgan fingerprint density at radius 2 is 2.14 bits per heavy atom. The monoisotopic (exact) mass is 309 g/mol. The van der Waals surface area contributed by atoms with Crippen LogP contribution in [-0.4, -0.2) is 22.4 Å². The number of benzene rings is 1. The Hall–Kier alpha value is -1.39. The molecule has 0 aliphatic carbocycles. The van der Waals surface area contributed by atoms with Gasteiger partial charge < -0.3 is 5.32 Å². The molecule has 0 saturated heterocycles. The molecular weight excluding hydrogens is 289 g/mol. The Balaban J connectivity index is 2.15. The Kier molecular flexibility index (Phi) is 5.37. The number of aromatic nitrogens is 2. The average molecular weight is 310 g/mol. The molecule has 2 rings (SSSR count). The van der Waals surface area contributed by atoms with Crippen molar-refractivity contribution >= 4 is 11.6 Å². The van der Waals surface area contributed by atoms with Gasteiger partial charge in [0.1, 0.15) is 11.0 Å². The van der Waals surface area contributed by atoms with Gasteiger partial charge in [0.2, 0.25) is 0 Å². The second-order valence-electron chi connectivity index (χ2n) is 5.27. The lowest BCUT2D eigenvalue weighted by atomic mass is 9.99. The van der Waals surface area contributed by atoms with Gasteiger partial charge in [0, 0.05) is 18.7 Å². The molecule has 5 heteroatoms. The van der Waals surface area contributed by atoms with E-state index >= 15 is 0 Å². The number of likely N-dealkylation sites (N-methyl/N-ethyl adjacent to an activating group) is 1. The molecule has 21 heavy (non-hydrogen) atoms. The van der Waals surface area contributed by atoms with Gasteiger partial charge in [-0.1, -0.05) is 30.7 Å². The van der Waals surface area contributed by atoms with Crippen molar-refractivity contribution < 1.29 is 4.39 Å². The van der Waals surface area contributed by atoms with Crippen LogP contribution in [0.1, 0.15) is 23.7 Å². The highest BCUT2D eigenvalue weighted by atomic mass is 35.5. The summed E-state index contributed by atoms with van der Waals surface area (Å²) in [6.45, 7) is 4.89. The summed E-state index contributed by atoms with van der Waals surface area (Å²) in [5.74, 6) is -0.196. The van der Waals surface area contributed by atoms with Gasteiger partial charge in [-0.15, -0.1) is 0 Å². The zero-order chi connectivity index (χ0) is 15.4. The minimum atomic E-state index is -0.196. The molecule has 0 fully saturated rings. The van der Waals surface area contributed by atoms with E-state index < -0.39 is 0 Å². The molecule has 1 unspecified atom stereocenters. The third kappa shape index (κ3) is 4.05. The van der Waals surface area contributed by atoms with Crippen LogP contribution in [0.2, 0.25) is 5.15 Å². The van der Waals surface area contributed by atoms with Gasteiger partial charge in [0.25, 0.3) is 0 Å². The summed E-state index contributed by atoms with van der Waals surface area (Å²) in [6, 6.07) is 6.95. The molecule has 0 amide bonds. The van der Waals surface area contributed by atoms with Gasteiger partial charge in [-0.2, -0.15) is 5.10 Å². The van der Waals surface area contributed by atoms with Crippen molar-refractivity contribution in [3.05, 3.63) is 52.1 Å². The molecule has 1 aromatic heterocycles. The maximum atomic E-state index is 13.3. The molecule has 114 valence electrons. The lowest BCUT2D eigenvalue weighted by Gasteiger charge is -2.18. The number of hydrogen-bond acceptors (Lipinski definition) is 2. The Morgan fingerprint density at radius 3 is 2.71 bits per heavy atom. The summed E-state index contributed by atoms with van der Waals surface area (Å²) in [5.41, 5.74) is 2.99. The average Bonchev–Trinajstić information content (AvgIpc) is 2.66. The van der Waals surface area contributed by atoms with Crippen LogP contribution in [0.3, 0.4) is 0 Å². The summed E-state index contributed by atoms with van der Waals surface area (Å²) < 4.78 is 15.0. The van der Waals surface area contributed by atoms with Gasteiger partial charge in [0.15, 0.2) is 0 Å². The summed E-state index contributed by atoms with van der Waals surface area (Å²) in [4.78, 5) is 0. The van der Waals surface area contributed by atoms with Crippen LogP contribution >= 0.6 is 11.6 Å². The standard InChI is InChI=1S/C16H21ClFN3/c1-4-19-14(9-12-6-5-7-13(18)8-12)10-15-11(2)20-21(3)16(15)17/h5-8,14,19H,4,9-10H2,1-3H3. The minimum absolute atomic E-state index is 0.196. The van der Waals surface area contributed by atoms with E-state index in [2.05, 4.69) is 17.3 Å². The van der Waals surface area contributed by atoms with Gasteiger partial charge in [-0.3, -0.25) is 4.68 Å². The van der Waals surface area contributed by atoms with Crippen molar-refractivity contribution in [2.75, 3.05) is 6.54 Å². The fourth-order valence-electron chi connectivity index (χ4n) is 2.61. The quantitative estimate of drug-likeness (QED) is 0.887. The first kappa shape index (κ1) is 16.0. The van der Waals surface area contributed by atoms with Crippen LogP contribution in [0.15, 0.2) is 24.3 Å². The zero-order valence-electron chi connectivity index (χ0n) is 12.7.